The zero-order valence-electron chi connectivity index (χ0n) is 12.5. The van der Waals surface area contributed by atoms with Gasteiger partial charge in [-0.25, -0.2) is 4.79 Å². The first-order valence-electron chi connectivity index (χ1n) is 7.61. The number of aromatic carboxylic acids is 1. The van der Waals surface area contributed by atoms with E-state index in [1.165, 1.54) is 18.5 Å². The Morgan fingerprint density at radius 1 is 1.19 bits per heavy atom. The van der Waals surface area contributed by atoms with Gasteiger partial charge in [0, 0.05) is 23.7 Å². The summed E-state index contributed by atoms with van der Waals surface area (Å²) in [6, 6.07) is 12.1. The van der Waals surface area contributed by atoms with E-state index in [9.17, 15) is 9.90 Å². The zero-order chi connectivity index (χ0) is 15.0. The summed E-state index contributed by atoms with van der Waals surface area (Å²) in [7, 11) is 0. The molecule has 1 aliphatic heterocycles. The van der Waals surface area contributed by atoms with Gasteiger partial charge in [0.25, 0.3) is 0 Å². The highest BCUT2D eigenvalue weighted by Crippen LogP contribution is 2.35. The van der Waals surface area contributed by atoms with Crippen molar-refractivity contribution in [1.29, 1.82) is 0 Å². The predicted molar refractivity (Wildman–Crippen MR) is 86.1 cm³/mol. The van der Waals surface area contributed by atoms with Gasteiger partial charge in [-0.2, -0.15) is 0 Å². The summed E-state index contributed by atoms with van der Waals surface area (Å²) in [5.41, 5.74) is 1.56. The van der Waals surface area contributed by atoms with Crippen LogP contribution in [0.3, 0.4) is 0 Å². The number of fused-ring (bicyclic) bond motifs is 1. The van der Waals surface area contributed by atoms with Crippen LogP contribution in [-0.4, -0.2) is 23.7 Å². The number of benzene rings is 2. The lowest BCUT2D eigenvalue weighted by atomic mass is 9.98. The van der Waals surface area contributed by atoms with Gasteiger partial charge in [0.1, 0.15) is 0 Å². The smallest absolute Gasteiger partial charge is 0.336 e. The van der Waals surface area contributed by atoms with E-state index in [1.807, 2.05) is 30.3 Å². The van der Waals surface area contributed by atoms with Gasteiger partial charge < -0.3 is 10.0 Å². The first-order chi connectivity index (χ1) is 10.1. The Bertz CT molecular complexity index is 678. The third kappa shape index (κ3) is 2.37. The largest absolute Gasteiger partial charge is 0.478 e. The summed E-state index contributed by atoms with van der Waals surface area (Å²) in [6.45, 7) is 5.58. The topological polar surface area (TPSA) is 40.5 Å². The van der Waals surface area contributed by atoms with E-state index in [0.29, 0.717) is 17.5 Å². The van der Waals surface area contributed by atoms with E-state index >= 15 is 0 Å². The monoisotopic (exact) mass is 283 g/mol. The second-order valence-corrected chi connectivity index (χ2v) is 6.13. The molecule has 1 N–H and O–H groups in total. The van der Waals surface area contributed by atoms with Crippen molar-refractivity contribution in [2.24, 2.45) is 5.92 Å². The van der Waals surface area contributed by atoms with E-state index in [1.54, 1.807) is 6.07 Å². The highest BCUT2D eigenvalue weighted by atomic mass is 16.4. The van der Waals surface area contributed by atoms with Gasteiger partial charge in [-0.3, -0.25) is 0 Å². The van der Waals surface area contributed by atoms with Gasteiger partial charge in [0.2, 0.25) is 0 Å². The minimum atomic E-state index is -0.861. The Hall–Kier alpha value is -2.03. The number of hydrogen-bond donors (Lipinski definition) is 1. The Balaban J connectivity index is 2.16. The van der Waals surface area contributed by atoms with Crippen LogP contribution in [0.2, 0.25) is 0 Å². The quantitative estimate of drug-likeness (QED) is 0.919. The molecule has 0 spiro atoms. The molecule has 1 saturated heterocycles. The van der Waals surface area contributed by atoms with Crippen LogP contribution in [-0.2, 0) is 0 Å². The number of rotatable bonds is 3. The first-order valence-corrected chi connectivity index (χ1v) is 7.61. The van der Waals surface area contributed by atoms with Crippen molar-refractivity contribution >= 4 is 22.4 Å². The molecule has 0 amide bonds. The van der Waals surface area contributed by atoms with Crippen LogP contribution in [0.25, 0.3) is 10.8 Å². The molecule has 2 aromatic rings. The molecule has 21 heavy (non-hydrogen) atoms. The number of carbonyl (C=O) groups is 1. The second kappa shape index (κ2) is 5.40. The molecule has 0 saturated carbocycles. The van der Waals surface area contributed by atoms with Crippen LogP contribution < -0.4 is 4.90 Å². The van der Waals surface area contributed by atoms with Crippen LogP contribution in [0.4, 0.5) is 5.69 Å². The summed E-state index contributed by atoms with van der Waals surface area (Å²) in [4.78, 5) is 13.9. The molecule has 0 aliphatic carbocycles. The standard InChI is InChI=1S/C18H21NO2/c1-12(2)16-8-5-11-19(16)17-10-9-15(18(20)21)13-6-3-4-7-14(13)17/h3-4,6-7,9-10,12,16H,5,8,11H2,1-2H3,(H,20,21). The van der Waals surface area contributed by atoms with Crippen LogP contribution >= 0.6 is 0 Å². The highest BCUT2D eigenvalue weighted by molar-refractivity contribution is 6.08. The molecule has 0 bridgehead atoms. The maximum absolute atomic E-state index is 11.4. The number of carboxylic acids is 1. The highest BCUT2D eigenvalue weighted by Gasteiger charge is 2.28. The minimum absolute atomic E-state index is 0.384. The van der Waals surface area contributed by atoms with Crippen molar-refractivity contribution in [3.8, 4) is 0 Å². The van der Waals surface area contributed by atoms with Gasteiger partial charge in [0.05, 0.1) is 5.56 Å². The first kappa shape index (κ1) is 13.9. The third-order valence-electron chi connectivity index (χ3n) is 4.51. The van der Waals surface area contributed by atoms with Crippen molar-refractivity contribution < 1.29 is 9.90 Å². The number of anilines is 1. The zero-order valence-corrected chi connectivity index (χ0v) is 12.5. The van der Waals surface area contributed by atoms with E-state index in [2.05, 4.69) is 18.7 Å². The van der Waals surface area contributed by atoms with E-state index in [-0.39, 0.29) is 0 Å². The van der Waals surface area contributed by atoms with Crippen molar-refractivity contribution in [3.63, 3.8) is 0 Å². The Labute approximate surface area is 125 Å². The normalized spacial score (nSPS) is 18.6. The molecule has 1 heterocycles. The Morgan fingerprint density at radius 3 is 2.57 bits per heavy atom. The molecule has 0 aromatic heterocycles. The van der Waals surface area contributed by atoms with E-state index < -0.39 is 5.97 Å². The van der Waals surface area contributed by atoms with E-state index in [0.717, 1.165) is 17.3 Å². The summed E-state index contributed by atoms with van der Waals surface area (Å²) < 4.78 is 0. The summed E-state index contributed by atoms with van der Waals surface area (Å²) in [5, 5.41) is 11.2. The molecule has 110 valence electrons. The lowest BCUT2D eigenvalue weighted by Crippen LogP contribution is -2.33. The molecular weight excluding hydrogens is 262 g/mol. The average molecular weight is 283 g/mol. The predicted octanol–water partition coefficient (Wildman–Crippen LogP) is 4.16. The number of nitrogens with zero attached hydrogens (tertiary/aromatic N) is 1. The molecule has 3 heteroatoms. The second-order valence-electron chi connectivity index (χ2n) is 6.13. The maximum Gasteiger partial charge on any atom is 0.336 e. The fourth-order valence-electron chi connectivity index (χ4n) is 3.50. The lowest BCUT2D eigenvalue weighted by Gasteiger charge is -2.31. The molecular formula is C18H21NO2. The molecule has 1 fully saturated rings. The molecule has 1 aliphatic rings. The fourth-order valence-corrected chi connectivity index (χ4v) is 3.50. The van der Waals surface area contributed by atoms with Crippen LogP contribution in [0.5, 0.6) is 0 Å². The van der Waals surface area contributed by atoms with Gasteiger partial charge >= 0.3 is 5.97 Å². The van der Waals surface area contributed by atoms with Crippen molar-refractivity contribution in [1.82, 2.24) is 0 Å². The van der Waals surface area contributed by atoms with Gasteiger partial charge in [-0.05, 0) is 36.3 Å². The molecule has 1 unspecified atom stereocenters. The summed E-state index contributed by atoms with van der Waals surface area (Å²) in [6.07, 6.45) is 2.42. The van der Waals surface area contributed by atoms with Gasteiger partial charge in [-0.15, -0.1) is 0 Å². The molecule has 0 radical (unpaired) electrons. The van der Waals surface area contributed by atoms with Crippen molar-refractivity contribution in [2.45, 2.75) is 32.7 Å². The minimum Gasteiger partial charge on any atom is -0.478 e. The number of carboxylic acid groups (broad SMARTS) is 1. The van der Waals surface area contributed by atoms with Crippen LogP contribution in [0, 0.1) is 5.92 Å². The van der Waals surface area contributed by atoms with Gasteiger partial charge in [0.15, 0.2) is 0 Å². The van der Waals surface area contributed by atoms with Crippen LogP contribution in [0.15, 0.2) is 36.4 Å². The fraction of sp³-hybridized carbons (Fsp3) is 0.389. The third-order valence-corrected chi connectivity index (χ3v) is 4.51. The number of hydrogen-bond acceptors (Lipinski definition) is 2. The van der Waals surface area contributed by atoms with E-state index in [4.69, 9.17) is 0 Å². The van der Waals surface area contributed by atoms with Crippen molar-refractivity contribution in [3.05, 3.63) is 42.0 Å². The van der Waals surface area contributed by atoms with Crippen LogP contribution in [0.1, 0.15) is 37.0 Å². The average Bonchev–Trinajstić information content (AvgIpc) is 2.95. The molecule has 3 nitrogen and oxygen atoms in total. The molecule has 3 rings (SSSR count). The summed E-state index contributed by atoms with van der Waals surface area (Å²) >= 11 is 0. The molecule has 1 atom stereocenters. The molecule has 2 aromatic carbocycles. The maximum atomic E-state index is 11.4. The van der Waals surface area contributed by atoms with Gasteiger partial charge in [-0.1, -0.05) is 38.1 Å². The van der Waals surface area contributed by atoms with Crippen molar-refractivity contribution in [2.75, 3.05) is 11.4 Å². The summed E-state index contributed by atoms with van der Waals surface area (Å²) in [5.74, 6) is -0.259. The Morgan fingerprint density at radius 2 is 1.90 bits per heavy atom. The SMILES string of the molecule is CC(C)C1CCCN1c1ccc(C(=O)O)c2ccccc12. The Kier molecular flexibility index (Phi) is 3.58. The lowest BCUT2D eigenvalue weighted by molar-refractivity contribution is 0.0699.